The van der Waals surface area contributed by atoms with Gasteiger partial charge in [0.05, 0.1) is 13.1 Å². The summed E-state index contributed by atoms with van der Waals surface area (Å²) in [7, 11) is 0. The third kappa shape index (κ3) is 5.21. The van der Waals surface area contributed by atoms with Crippen LogP contribution in [0.1, 0.15) is 37.9 Å². The van der Waals surface area contributed by atoms with E-state index in [1.54, 1.807) is 26.8 Å². The number of carbonyl (C=O) groups excluding carboxylic acids is 1. The van der Waals surface area contributed by atoms with E-state index in [4.69, 9.17) is 19.8 Å². The Morgan fingerprint density at radius 2 is 2.30 bits per heavy atom. The van der Waals surface area contributed by atoms with E-state index < -0.39 is 11.7 Å². The number of furan rings is 1. The Balaban J connectivity index is 2.68. The molecular formula is C12H18N4O4. The topological polar surface area (TPSA) is 120 Å². The van der Waals surface area contributed by atoms with Crippen molar-refractivity contribution < 1.29 is 19.1 Å². The average Bonchev–Trinajstić information content (AvgIpc) is 2.74. The molecule has 0 spiro atoms. The van der Waals surface area contributed by atoms with E-state index in [1.165, 1.54) is 0 Å². The predicted octanol–water partition coefficient (Wildman–Crippen LogP) is 2.61. The minimum absolute atomic E-state index is 0.0885. The second-order valence-electron chi connectivity index (χ2n) is 5.06. The van der Waals surface area contributed by atoms with Gasteiger partial charge in [-0.05, 0) is 32.4 Å². The van der Waals surface area contributed by atoms with Gasteiger partial charge in [0, 0.05) is 10.5 Å². The molecule has 0 aliphatic carbocycles. The first-order valence-corrected chi connectivity index (χ1v) is 6.04. The van der Waals surface area contributed by atoms with Gasteiger partial charge in [-0.15, -0.1) is 0 Å². The van der Waals surface area contributed by atoms with Crippen LogP contribution < -0.4 is 5.32 Å². The summed E-state index contributed by atoms with van der Waals surface area (Å²) >= 11 is 0. The van der Waals surface area contributed by atoms with Crippen LogP contribution in [0.15, 0.2) is 15.6 Å². The number of aliphatic hydroxyl groups excluding tert-OH is 1. The zero-order valence-electron chi connectivity index (χ0n) is 11.7. The smallest absolute Gasteiger partial charge is 0.408 e. The second-order valence-corrected chi connectivity index (χ2v) is 5.06. The molecule has 1 aromatic heterocycles. The van der Waals surface area contributed by atoms with Gasteiger partial charge in [0.1, 0.15) is 23.7 Å². The maximum absolute atomic E-state index is 11.5. The number of rotatable bonds is 5. The largest absolute Gasteiger partial charge is 0.461 e. The maximum atomic E-state index is 11.5. The van der Waals surface area contributed by atoms with Gasteiger partial charge in [0.25, 0.3) is 0 Å². The summed E-state index contributed by atoms with van der Waals surface area (Å²) in [6.45, 7) is 5.19. The molecule has 1 rings (SSSR count). The number of carbonyl (C=O) groups is 1. The summed E-state index contributed by atoms with van der Waals surface area (Å²) < 4.78 is 10.4. The molecule has 8 nitrogen and oxygen atoms in total. The van der Waals surface area contributed by atoms with E-state index in [0.717, 1.165) is 0 Å². The molecule has 0 bridgehead atoms. The van der Waals surface area contributed by atoms with Crippen LogP contribution in [0.25, 0.3) is 10.4 Å². The lowest BCUT2D eigenvalue weighted by Gasteiger charge is -2.19. The lowest BCUT2D eigenvalue weighted by molar-refractivity contribution is 0.0519. The van der Waals surface area contributed by atoms with Crippen LogP contribution in [0, 0.1) is 0 Å². The average molecular weight is 282 g/mol. The van der Waals surface area contributed by atoms with Gasteiger partial charge >= 0.3 is 6.09 Å². The minimum Gasteiger partial charge on any atom is -0.461 e. The molecule has 0 fully saturated rings. The number of ether oxygens (including phenoxy) is 1. The van der Waals surface area contributed by atoms with E-state index in [1.807, 2.05) is 0 Å². The van der Waals surface area contributed by atoms with E-state index in [9.17, 15) is 4.79 Å². The molecule has 2 N–H and O–H groups in total. The zero-order chi connectivity index (χ0) is 15.2. The quantitative estimate of drug-likeness (QED) is 0.489. The number of alkyl carbamates (subject to hydrolysis) is 1. The number of azide groups is 1. The molecule has 0 aliphatic heterocycles. The third-order valence-electron chi connectivity index (χ3n) is 2.20. The van der Waals surface area contributed by atoms with Gasteiger partial charge in [0.15, 0.2) is 0 Å². The Morgan fingerprint density at radius 1 is 1.60 bits per heavy atom. The number of nitrogens with zero attached hydrogens (tertiary/aromatic N) is 3. The van der Waals surface area contributed by atoms with E-state index >= 15 is 0 Å². The van der Waals surface area contributed by atoms with E-state index in [0.29, 0.717) is 17.1 Å². The summed E-state index contributed by atoms with van der Waals surface area (Å²) in [5.41, 5.74) is 8.34. The van der Waals surface area contributed by atoms with Gasteiger partial charge in [-0.25, -0.2) is 4.79 Å². The van der Waals surface area contributed by atoms with Crippen molar-refractivity contribution in [1.29, 1.82) is 0 Å². The lowest BCUT2D eigenvalue weighted by Crippen LogP contribution is -2.32. The molecule has 110 valence electrons. The van der Waals surface area contributed by atoms with Crippen LogP contribution in [-0.2, 0) is 24.4 Å². The number of hydrogen-bond donors (Lipinski definition) is 2. The first kappa shape index (κ1) is 15.9. The van der Waals surface area contributed by atoms with E-state index in [2.05, 4.69) is 15.3 Å². The molecule has 1 heterocycles. The van der Waals surface area contributed by atoms with Crippen LogP contribution in [0.4, 0.5) is 4.79 Å². The Bertz CT molecular complexity index is 512. The van der Waals surface area contributed by atoms with Gasteiger partial charge in [-0.1, -0.05) is 5.11 Å². The molecule has 20 heavy (non-hydrogen) atoms. The number of hydrogen-bond acceptors (Lipinski definition) is 5. The Kier molecular flexibility index (Phi) is 5.42. The molecule has 0 radical (unpaired) electrons. The lowest BCUT2D eigenvalue weighted by atomic mass is 10.2. The highest BCUT2D eigenvalue weighted by Gasteiger charge is 2.17. The molecule has 0 atom stereocenters. The molecule has 0 aliphatic rings. The maximum Gasteiger partial charge on any atom is 0.408 e. The molecule has 0 saturated heterocycles. The fraction of sp³-hybridized carbons (Fsp3) is 0.583. The summed E-state index contributed by atoms with van der Waals surface area (Å²) in [5, 5.41) is 15.0. The van der Waals surface area contributed by atoms with Crippen LogP contribution in [0.3, 0.4) is 0 Å². The fourth-order valence-electron chi connectivity index (χ4n) is 1.46. The Morgan fingerprint density at radius 3 is 2.85 bits per heavy atom. The van der Waals surface area contributed by atoms with Crippen molar-refractivity contribution in [2.45, 2.75) is 46.1 Å². The SMILES string of the molecule is CC(C)(C)OC(=O)NCc1oc(CO)cc1CN=[N+]=[N-]. The highest BCUT2D eigenvalue weighted by atomic mass is 16.6. The Hall–Kier alpha value is -2.18. The predicted molar refractivity (Wildman–Crippen MR) is 70.6 cm³/mol. The van der Waals surface area contributed by atoms with Crippen molar-refractivity contribution in [3.05, 3.63) is 33.6 Å². The molecule has 1 aromatic rings. The normalized spacial score (nSPS) is 10.8. The first-order chi connectivity index (χ1) is 9.35. The van der Waals surface area contributed by atoms with Crippen molar-refractivity contribution in [3.63, 3.8) is 0 Å². The summed E-state index contributed by atoms with van der Waals surface area (Å²) in [5.74, 6) is 0.765. The summed E-state index contributed by atoms with van der Waals surface area (Å²) in [4.78, 5) is 14.2. The molecular weight excluding hydrogens is 264 g/mol. The second kappa shape index (κ2) is 6.83. The fourth-order valence-corrected chi connectivity index (χ4v) is 1.46. The standard InChI is InChI=1S/C12H18N4O4/c1-12(2,3)20-11(18)14-6-10-8(5-15-16-13)4-9(7-17)19-10/h4,17H,5-7H2,1-3H3,(H,14,18). The molecule has 1 amide bonds. The van der Waals surface area contributed by atoms with Crippen molar-refractivity contribution in [2.75, 3.05) is 0 Å². The number of amides is 1. The van der Waals surface area contributed by atoms with Gasteiger partial charge in [0.2, 0.25) is 0 Å². The highest BCUT2D eigenvalue weighted by molar-refractivity contribution is 5.67. The van der Waals surface area contributed by atoms with Crippen LogP contribution in [0.2, 0.25) is 0 Å². The van der Waals surface area contributed by atoms with Gasteiger partial charge in [-0.3, -0.25) is 0 Å². The summed E-state index contributed by atoms with van der Waals surface area (Å²) in [6, 6.07) is 1.58. The molecule has 8 heteroatoms. The third-order valence-corrected chi connectivity index (χ3v) is 2.20. The first-order valence-electron chi connectivity index (χ1n) is 6.04. The molecule has 0 aromatic carbocycles. The highest BCUT2D eigenvalue weighted by Crippen LogP contribution is 2.17. The van der Waals surface area contributed by atoms with Crippen molar-refractivity contribution in [1.82, 2.24) is 5.32 Å². The monoisotopic (exact) mass is 282 g/mol. The van der Waals surface area contributed by atoms with Crippen LogP contribution in [-0.4, -0.2) is 16.8 Å². The zero-order valence-corrected chi connectivity index (χ0v) is 11.7. The van der Waals surface area contributed by atoms with Crippen LogP contribution in [0.5, 0.6) is 0 Å². The summed E-state index contributed by atoms with van der Waals surface area (Å²) in [6.07, 6.45) is -0.575. The van der Waals surface area contributed by atoms with Gasteiger partial charge in [-0.2, -0.15) is 0 Å². The minimum atomic E-state index is -0.586. The van der Waals surface area contributed by atoms with Gasteiger partial charge < -0.3 is 19.6 Å². The number of aliphatic hydroxyl groups is 1. The molecule has 0 saturated carbocycles. The Labute approximate surface area is 116 Å². The van der Waals surface area contributed by atoms with E-state index in [-0.39, 0.29) is 19.7 Å². The van der Waals surface area contributed by atoms with Crippen molar-refractivity contribution in [3.8, 4) is 0 Å². The van der Waals surface area contributed by atoms with Crippen molar-refractivity contribution >= 4 is 6.09 Å². The molecule has 0 unspecified atom stereocenters. The van der Waals surface area contributed by atoms with Crippen molar-refractivity contribution in [2.24, 2.45) is 5.11 Å². The number of nitrogens with one attached hydrogen (secondary N) is 1. The van der Waals surface area contributed by atoms with Crippen LogP contribution >= 0.6 is 0 Å².